The lowest BCUT2D eigenvalue weighted by molar-refractivity contribution is -0.129. The molecule has 1 fully saturated rings. The first-order valence-electron chi connectivity index (χ1n) is 11.8. The molecule has 2 heterocycles. The minimum Gasteiger partial charge on any atom is -0.354 e. The number of hydrogen-bond acceptors (Lipinski definition) is 3. The second-order valence-electron chi connectivity index (χ2n) is 8.51. The van der Waals surface area contributed by atoms with Crippen molar-refractivity contribution >= 4 is 17.5 Å². The Kier molecular flexibility index (Phi) is 8.94. The van der Waals surface area contributed by atoms with Crippen LogP contribution in [0.15, 0.2) is 36.4 Å². The zero-order valence-electron chi connectivity index (χ0n) is 18.4. The number of amides is 2. The van der Waals surface area contributed by atoms with Crippen LogP contribution in [0.2, 0.25) is 0 Å². The van der Waals surface area contributed by atoms with Gasteiger partial charge in [0.15, 0.2) is 0 Å². The molecule has 30 heavy (non-hydrogen) atoms. The average Bonchev–Trinajstić information content (AvgIpc) is 2.77. The molecule has 0 radical (unpaired) electrons. The van der Waals surface area contributed by atoms with Gasteiger partial charge < -0.3 is 15.1 Å². The molecule has 2 amide bonds. The van der Waals surface area contributed by atoms with E-state index in [1.807, 2.05) is 41.3 Å². The van der Waals surface area contributed by atoms with E-state index in [9.17, 15) is 9.59 Å². The molecule has 0 bridgehead atoms. The first-order chi connectivity index (χ1) is 14.7. The van der Waals surface area contributed by atoms with Crippen LogP contribution in [-0.4, -0.2) is 54.3 Å². The SMILES string of the molecule is CCCCN1C(=O)CCCC(C(=O)NCCN2CCCCC2)/C=C\1c1ccccc1. The van der Waals surface area contributed by atoms with Crippen LogP contribution >= 0.6 is 0 Å². The summed E-state index contributed by atoms with van der Waals surface area (Å²) in [6, 6.07) is 10.0. The summed E-state index contributed by atoms with van der Waals surface area (Å²) in [5.74, 6) is 0.0616. The van der Waals surface area contributed by atoms with E-state index in [-0.39, 0.29) is 17.7 Å². The molecule has 1 atom stereocenters. The molecule has 1 N–H and O–H groups in total. The third kappa shape index (κ3) is 6.43. The lowest BCUT2D eigenvalue weighted by Crippen LogP contribution is -2.40. The van der Waals surface area contributed by atoms with E-state index >= 15 is 0 Å². The van der Waals surface area contributed by atoms with E-state index in [2.05, 4.69) is 17.1 Å². The first kappa shape index (κ1) is 22.5. The number of piperidine rings is 1. The summed E-state index contributed by atoms with van der Waals surface area (Å²) in [7, 11) is 0. The average molecular weight is 412 g/mol. The Bertz CT molecular complexity index is 710. The molecule has 2 aliphatic rings. The maximum absolute atomic E-state index is 13.0. The summed E-state index contributed by atoms with van der Waals surface area (Å²) in [6.07, 6.45) is 9.87. The Morgan fingerprint density at radius 1 is 1.07 bits per heavy atom. The third-order valence-corrected chi connectivity index (χ3v) is 6.17. The van der Waals surface area contributed by atoms with Crippen molar-refractivity contribution in [1.82, 2.24) is 15.1 Å². The van der Waals surface area contributed by atoms with Gasteiger partial charge in [-0.2, -0.15) is 0 Å². The number of nitrogens with zero attached hydrogens (tertiary/aromatic N) is 2. The largest absolute Gasteiger partial charge is 0.354 e. The smallest absolute Gasteiger partial charge is 0.227 e. The Balaban J connectivity index is 1.73. The van der Waals surface area contributed by atoms with Crippen molar-refractivity contribution in [2.24, 2.45) is 5.92 Å². The van der Waals surface area contributed by atoms with Crippen LogP contribution in [0.1, 0.15) is 63.9 Å². The maximum atomic E-state index is 13.0. The third-order valence-electron chi connectivity index (χ3n) is 6.17. The van der Waals surface area contributed by atoms with Crippen molar-refractivity contribution in [3.63, 3.8) is 0 Å². The van der Waals surface area contributed by atoms with Gasteiger partial charge in [0.05, 0.1) is 5.92 Å². The van der Waals surface area contributed by atoms with Crippen LogP contribution in [0.4, 0.5) is 0 Å². The van der Waals surface area contributed by atoms with Crippen LogP contribution in [0.25, 0.3) is 5.70 Å². The van der Waals surface area contributed by atoms with Crippen LogP contribution in [0.5, 0.6) is 0 Å². The number of carbonyl (C=O) groups excluding carboxylic acids is 2. The molecule has 0 saturated carbocycles. The van der Waals surface area contributed by atoms with E-state index in [0.717, 1.165) is 56.6 Å². The topological polar surface area (TPSA) is 52.7 Å². The number of hydrogen-bond donors (Lipinski definition) is 1. The Morgan fingerprint density at radius 3 is 2.57 bits per heavy atom. The van der Waals surface area contributed by atoms with Crippen LogP contribution in [0, 0.1) is 5.92 Å². The fourth-order valence-corrected chi connectivity index (χ4v) is 4.39. The van der Waals surface area contributed by atoms with Gasteiger partial charge in [0.1, 0.15) is 0 Å². The maximum Gasteiger partial charge on any atom is 0.227 e. The van der Waals surface area contributed by atoms with E-state index in [4.69, 9.17) is 0 Å². The number of unbranched alkanes of at least 4 members (excludes halogenated alkanes) is 1. The molecule has 3 rings (SSSR count). The number of rotatable bonds is 8. The summed E-state index contributed by atoms with van der Waals surface area (Å²) in [4.78, 5) is 30.2. The molecule has 0 spiro atoms. The Morgan fingerprint density at radius 2 is 1.83 bits per heavy atom. The zero-order valence-corrected chi connectivity index (χ0v) is 18.4. The van der Waals surface area contributed by atoms with Gasteiger partial charge in [-0.05, 0) is 56.8 Å². The highest BCUT2D eigenvalue weighted by atomic mass is 16.2. The highest BCUT2D eigenvalue weighted by Crippen LogP contribution is 2.28. The Labute approximate surface area is 181 Å². The van der Waals surface area contributed by atoms with Gasteiger partial charge in [0.2, 0.25) is 11.8 Å². The second kappa shape index (κ2) is 11.9. The van der Waals surface area contributed by atoms with Crippen LogP contribution in [-0.2, 0) is 9.59 Å². The van der Waals surface area contributed by atoms with Crippen molar-refractivity contribution in [3.8, 4) is 0 Å². The van der Waals surface area contributed by atoms with Crippen molar-refractivity contribution in [1.29, 1.82) is 0 Å². The van der Waals surface area contributed by atoms with E-state index in [0.29, 0.717) is 19.5 Å². The molecule has 1 aromatic carbocycles. The van der Waals surface area contributed by atoms with Gasteiger partial charge >= 0.3 is 0 Å². The van der Waals surface area contributed by atoms with Crippen molar-refractivity contribution < 1.29 is 9.59 Å². The van der Waals surface area contributed by atoms with Gasteiger partial charge in [-0.15, -0.1) is 0 Å². The highest BCUT2D eigenvalue weighted by Gasteiger charge is 2.26. The molecular weight excluding hydrogens is 374 g/mol. The number of nitrogens with one attached hydrogen (secondary N) is 1. The van der Waals surface area contributed by atoms with Gasteiger partial charge in [-0.3, -0.25) is 9.59 Å². The highest BCUT2D eigenvalue weighted by molar-refractivity contribution is 5.90. The Hall–Kier alpha value is -2.14. The summed E-state index contributed by atoms with van der Waals surface area (Å²) in [5.41, 5.74) is 1.90. The predicted octanol–water partition coefficient (Wildman–Crippen LogP) is 4.06. The quantitative estimate of drug-likeness (QED) is 0.702. The monoisotopic (exact) mass is 411 g/mol. The lowest BCUT2D eigenvalue weighted by atomic mass is 9.94. The van der Waals surface area contributed by atoms with E-state index < -0.39 is 0 Å². The molecule has 1 saturated heterocycles. The van der Waals surface area contributed by atoms with Gasteiger partial charge in [-0.1, -0.05) is 50.1 Å². The predicted molar refractivity (Wildman–Crippen MR) is 122 cm³/mol. The van der Waals surface area contributed by atoms with E-state index in [1.54, 1.807) is 0 Å². The van der Waals surface area contributed by atoms with Gasteiger partial charge in [0.25, 0.3) is 0 Å². The fraction of sp³-hybridized carbons (Fsp3) is 0.600. The molecule has 1 aromatic rings. The summed E-state index contributed by atoms with van der Waals surface area (Å²) in [5, 5.41) is 3.16. The number of carbonyl (C=O) groups is 2. The molecule has 2 aliphatic heterocycles. The normalized spacial score (nSPS) is 22.7. The van der Waals surface area contributed by atoms with Crippen molar-refractivity contribution in [2.45, 2.75) is 58.3 Å². The summed E-state index contributed by atoms with van der Waals surface area (Å²) < 4.78 is 0. The fourth-order valence-electron chi connectivity index (χ4n) is 4.39. The number of likely N-dealkylation sites (tertiary alicyclic amines) is 1. The zero-order chi connectivity index (χ0) is 21.2. The van der Waals surface area contributed by atoms with Crippen molar-refractivity contribution in [3.05, 3.63) is 42.0 Å². The molecule has 1 unspecified atom stereocenters. The van der Waals surface area contributed by atoms with Crippen LogP contribution < -0.4 is 5.32 Å². The molecule has 164 valence electrons. The standard InChI is InChI=1S/C25H37N3O2/c1-2-3-18-28-23(21-11-6-4-7-12-21)20-22(13-10-14-24(28)29)25(30)26-15-19-27-16-8-5-9-17-27/h4,6-7,11-12,20,22H,2-3,5,8-10,13-19H2,1H3,(H,26,30)/b23-20-. The van der Waals surface area contributed by atoms with E-state index in [1.165, 1.54) is 19.3 Å². The molecule has 5 nitrogen and oxygen atoms in total. The lowest BCUT2D eigenvalue weighted by Gasteiger charge is -2.30. The first-order valence-corrected chi connectivity index (χ1v) is 11.8. The molecule has 5 heteroatoms. The summed E-state index contributed by atoms with van der Waals surface area (Å²) in [6.45, 7) is 6.76. The summed E-state index contributed by atoms with van der Waals surface area (Å²) >= 11 is 0. The van der Waals surface area contributed by atoms with Gasteiger partial charge in [-0.25, -0.2) is 0 Å². The second-order valence-corrected chi connectivity index (χ2v) is 8.51. The molecule has 0 aromatic heterocycles. The van der Waals surface area contributed by atoms with Crippen LogP contribution in [0.3, 0.4) is 0 Å². The minimum absolute atomic E-state index is 0.0882. The van der Waals surface area contributed by atoms with Crippen molar-refractivity contribution in [2.75, 3.05) is 32.7 Å². The molecular formula is C25H37N3O2. The van der Waals surface area contributed by atoms with Gasteiger partial charge in [0, 0.05) is 31.8 Å². The minimum atomic E-state index is -0.196. The molecule has 0 aliphatic carbocycles. The number of benzene rings is 1.